The maximum absolute atomic E-state index is 11.9. The second-order valence-electron chi connectivity index (χ2n) is 4.78. The van der Waals surface area contributed by atoms with Crippen molar-refractivity contribution in [3.63, 3.8) is 0 Å². The number of methoxy groups -OCH3 is 2. The molecule has 0 unspecified atom stereocenters. The lowest BCUT2D eigenvalue weighted by atomic mass is 10.1. The van der Waals surface area contributed by atoms with Crippen molar-refractivity contribution in [2.75, 3.05) is 20.0 Å². The fraction of sp³-hybridized carbons (Fsp3) is 0.312. The van der Waals surface area contributed by atoms with Gasteiger partial charge >= 0.3 is 11.7 Å². The molecule has 0 aliphatic carbocycles. The Labute approximate surface area is 138 Å². The van der Waals surface area contributed by atoms with E-state index in [1.165, 1.54) is 18.9 Å². The van der Waals surface area contributed by atoms with E-state index >= 15 is 0 Å². The van der Waals surface area contributed by atoms with Crippen LogP contribution in [-0.4, -0.2) is 35.9 Å². The third-order valence-electron chi connectivity index (χ3n) is 3.30. The van der Waals surface area contributed by atoms with E-state index in [4.69, 9.17) is 9.47 Å². The summed E-state index contributed by atoms with van der Waals surface area (Å²) in [5, 5.41) is 0.344. The zero-order valence-electron chi connectivity index (χ0n) is 13.2. The standard InChI is InChI=1S/C16H18N2O4S/c1-10-13(15(19)22-3)14(18-16(20)17-10)23-9-12(21-2)11-7-5-4-6-8-11/h4-8,12H,9H2,1-3H3,(H,17,18,20)/t12-/m1/s1. The average Bonchev–Trinajstić information content (AvgIpc) is 2.55. The molecule has 0 amide bonds. The minimum atomic E-state index is -0.526. The summed E-state index contributed by atoms with van der Waals surface area (Å²) in [6.45, 7) is 1.64. The molecule has 0 spiro atoms. The van der Waals surface area contributed by atoms with Crippen LogP contribution in [0.4, 0.5) is 0 Å². The highest BCUT2D eigenvalue weighted by atomic mass is 32.2. The van der Waals surface area contributed by atoms with Gasteiger partial charge in [-0.05, 0) is 12.5 Å². The maximum atomic E-state index is 11.9. The molecule has 0 fully saturated rings. The zero-order chi connectivity index (χ0) is 16.8. The first kappa shape index (κ1) is 17.2. The molecule has 1 N–H and O–H groups in total. The molecule has 0 bridgehead atoms. The van der Waals surface area contributed by atoms with Gasteiger partial charge in [-0.25, -0.2) is 9.59 Å². The summed E-state index contributed by atoms with van der Waals surface area (Å²) in [6.07, 6.45) is -0.173. The van der Waals surface area contributed by atoms with Gasteiger partial charge in [0.1, 0.15) is 10.6 Å². The lowest BCUT2D eigenvalue weighted by molar-refractivity contribution is 0.0594. The molecule has 2 aromatic rings. The van der Waals surface area contributed by atoms with E-state index in [2.05, 4.69) is 9.97 Å². The molecule has 6 nitrogen and oxygen atoms in total. The fourth-order valence-electron chi connectivity index (χ4n) is 2.13. The van der Waals surface area contributed by atoms with Gasteiger partial charge in [0.25, 0.3) is 0 Å². The van der Waals surface area contributed by atoms with E-state index in [9.17, 15) is 9.59 Å². The molecule has 7 heteroatoms. The van der Waals surface area contributed by atoms with Crippen molar-refractivity contribution < 1.29 is 14.3 Å². The first-order chi connectivity index (χ1) is 11.1. The van der Waals surface area contributed by atoms with Crippen LogP contribution in [0.3, 0.4) is 0 Å². The van der Waals surface area contributed by atoms with Gasteiger partial charge in [0.15, 0.2) is 0 Å². The van der Waals surface area contributed by atoms with E-state index in [-0.39, 0.29) is 11.7 Å². The number of H-pyrrole nitrogens is 1. The smallest absolute Gasteiger partial charge is 0.346 e. The van der Waals surface area contributed by atoms with Crippen molar-refractivity contribution in [3.05, 3.63) is 57.6 Å². The molecule has 1 aromatic carbocycles. The topological polar surface area (TPSA) is 81.3 Å². The quantitative estimate of drug-likeness (QED) is 0.496. The number of aromatic nitrogens is 2. The number of hydrogen-bond acceptors (Lipinski definition) is 6. The number of aromatic amines is 1. The summed E-state index contributed by atoms with van der Waals surface area (Å²) in [6, 6.07) is 9.72. The van der Waals surface area contributed by atoms with Crippen molar-refractivity contribution >= 4 is 17.7 Å². The van der Waals surface area contributed by atoms with Gasteiger partial charge in [-0.3, -0.25) is 0 Å². The molecule has 0 aliphatic heterocycles. The predicted molar refractivity (Wildman–Crippen MR) is 87.9 cm³/mol. The normalized spacial score (nSPS) is 12.0. The third kappa shape index (κ3) is 4.20. The Bertz CT molecular complexity index is 731. The number of nitrogens with zero attached hydrogens (tertiary/aromatic N) is 1. The maximum Gasteiger partial charge on any atom is 0.346 e. The van der Waals surface area contributed by atoms with E-state index in [0.717, 1.165) is 5.56 Å². The average molecular weight is 334 g/mol. The Morgan fingerprint density at radius 2 is 2.00 bits per heavy atom. The predicted octanol–water partition coefficient (Wildman–Crippen LogP) is 2.34. The number of ether oxygens (including phenoxy) is 2. The Morgan fingerprint density at radius 3 is 2.61 bits per heavy atom. The van der Waals surface area contributed by atoms with Crippen LogP contribution in [0.1, 0.15) is 27.7 Å². The molecule has 0 aliphatic rings. The van der Waals surface area contributed by atoms with Crippen molar-refractivity contribution in [1.29, 1.82) is 0 Å². The first-order valence-corrected chi connectivity index (χ1v) is 7.95. The van der Waals surface area contributed by atoms with Gasteiger partial charge in [0.2, 0.25) is 0 Å². The Kier molecular flexibility index (Phi) is 5.95. The number of benzene rings is 1. The molecule has 0 saturated heterocycles. The Hall–Kier alpha value is -2.12. The lowest BCUT2D eigenvalue weighted by Gasteiger charge is -2.16. The van der Waals surface area contributed by atoms with Crippen molar-refractivity contribution in [2.45, 2.75) is 18.1 Å². The molecular formula is C16H18N2O4S. The lowest BCUT2D eigenvalue weighted by Crippen LogP contribution is -2.19. The first-order valence-electron chi connectivity index (χ1n) is 6.96. The van der Waals surface area contributed by atoms with Gasteiger partial charge in [0.05, 0.1) is 13.2 Å². The van der Waals surface area contributed by atoms with Gasteiger partial charge < -0.3 is 14.5 Å². The van der Waals surface area contributed by atoms with Gasteiger partial charge in [-0.15, -0.1) is 11.8 Å². The number of esters is 1. The Morgan fingerprint density at radius 1 is 1.30 bits per heavy atom. The second-order valence-corrected chi connectivity index (χ2v) is 5.79. The molecule has 0 radical (unpaired) electrons. The fourth-order valence-corrected chi connectivity index (χ4v) is 3.29. The van der Waals surface area contributed by atoms with E-state index in [0.29, 0.717) is 16.5 Å². The number of carbonyl (C=O) groups is 1. The molecule has 0 saturated carbocycles. The molecule has 2 rings (SSSR count). The summed E-state index contributed by atoms with van der Waals surface area (Å²) >= 11 is 1.29. The van der Waals surface area contributed by atoms with Crippen molar-refractivity contribution in [1.82, 2.24) is 9.97 Å². The molecule has 1 aromatic heterocycles. The summed E-state index contributed by atoms with van der Waals surface area (Å²) < 4.78 is 10.3. The van der Waals surface area contributed by atoms with Crippen LogP contribution in [-0.2, 0) is 9.47 Å². The summed E-state index contributed by atoms with van der Waals surface area (Å²) in [5.74, 6) is -0.0112. The second kappa shape index (κ2) is 7.94. The summed E-state index contributed by atoms with van der Waals surface area (Å²) in [7, 11) is 2.92. The third-order valence-corrected chi connectivity index (χ3v) is 4.34. The number of hydrogen-bond donors (Lipinski definition) is 1. The van der Waals surface area contributed by atoms with Crippen LogP contribution in [0.2, 0.25) is 0 Å². The summed E-state index contributed by atoms with van der Waals surface area (Å²) in [5.41, 5.74) is 1.24. The molecule has 1 atom stereocenters. The van der Waals surface area contributed by atoms with Gasteiger partial charge in [0, 0.05) is 18.6 Å². The highest BCUT2D eigenvalue weighted by Crippen LogP contribution is 2.28. The van der Waals surface area contributed by atoms with Gasteiger partial charge in [-0.2, -0.15) is 4.98 Å². The largest absolute Gasteiger partial charge is 0.465 e. The number of rotatable bonds is 6. The number of nitrogens with one attached hydrogen (secondary N) is 1. The van der Waals surface area contributed by atoms with Crippen LogP contribution in [0.15, 0.2) is 40.2 Å². The highest BCUT2D eigenvalue weighted by molar-refractivity contribution is 7.99. The van der Waals surface area contributed by atoms with Crippen LogP contribution >= 0.6 is 11.8 Å². The minimum Gasteiger partial charge on any atom is -0.465 e. The molecule has 1 heterocycles. The Balaban J connectivity index is 2.26. The van der Waals surface area contributed by atoms with Gasteiger partial charge in [-0.1, -0.05) is 30.3 Å². The molecular weight excluding hydrogens is 316 g/mol. The molecule has 23 heavy (non-hydrogen) atoms. The van der Waals surface area contributed by atoms with Crippen molar-refractivity contribution in [3.8, 4) is 0 Å². The zero-order valence-corrected chi connectivity index (χ0v) is 14.0. The monoisotopic (exact) mass is 334 g/mol. The van der Waals surface area contributed by atoms with E-state index in [1.54, 1.807) is 14.0 Å². The number of carbonyl (C=O) groups excluding carboxylic acids is 1. The SMILES string of the molecule is COC(=O)c1c(SC[C@@H](OC)c2ccccc2)nc(=O)[nH]c1C. The number of thioether (sulfide) groups is 1. The van der Waals surface area contributed by atoms with Crippen LogP contribution in [0, 0.1) is 6.92 Å². The van der Waals surface area contributed by atoms with Crippen LogP contribution in [0.25, 0.3) is 0 Å². The van der Waals surface area contributed by atoms with E-state index in [1.807, 2.05) is 30.3 Å². The van der Waals surface area contributed by atoms with Crippen molar-refractivity contribution in [2.24, 2.45) is 0 Å². The van der Waals surface area contributed by atoms with E-state index < -0.39 is 11.7 Å². The highest BCUT2D eigenvalue weighted by Gasteiger charge is 2.20. The number of aryl methyl sites for hydroxylation is 1. The van der Waals surface area contributed by atoms with Crippen LogP contribution < -0.4 is 5.69 Å². The van der Waals surface area contributed by atoms with Crippen LogP contribution in [0.5, 0.6) is 0 Å². The summed E-state index contributed by atoms with van der Waals surface area (Å²) in [4.78, 5) is 29.9. The molecule has 122 valence electrons. The minimum absolute atomic E-state index is 0.173.